The second-order valence-electron chi connectivity index (χ2n) is 26.3. The number of alkyl halides is 5. The minimum Gasteiger partial charge on any atom is -0.491 e. The molecule has 532 valence electrons. The van der Waals surface area contributed by atoms with Crippen LogP contribution in [0.2, 0.25) is 0 Å². The Kier molecular flexibility index (Phi) is 24.3. The Hall–Kier alpha value is -9.27. The Morgan fingerprint density at radius 2 is 0.772 bits per heavy atom. The van der Waals surface area contributed by atoms with E-state index in [9.17, 15) is 41.1 Å². The summed E-state index contributed by atoms with van der Waals surface area (Å²) < 4.78 is 105. The monoisotopic (exact) mass is 1390 g/mol. The summed E-state index contributed by atoms with van der Waals surface area (Å²) in [4.78, 5) is 59.8. The molecule has 12 rings (SSSR count). The third-order valence-electron chi connectivity index (χ3n) is 19.4. The highest BCUT2D eigenvalue weighted by Crippen LogP contribution is 2.51. The van der Waals surface area contributed by atoms with E-state index in [0.717, 1.165) is 66.8 Å². The van der Waals surface area contributed by atoms with Crippen LogP contribution in [-0.4, -0.2) is 112 Å². The van der Waals surface area contributed by atoms with Gasteiger partial charge in [-0.15, -0.1) is 13.2 Å². The van der Waals surface area contributed by atoms with Crippen LogP contribution in [0.15, 0.2) is 182 Å². The number of hydrogen-bond donors (Lipinski definition) is 0. The molecule has 6 atom stereocenters. The van der Waals surface area contributed by atoms with Gasteiger partial charge in [0.05, 0.1) is 26.3 Å². The molecule has 14 nitrogen and oxygen atoms in total. The van der Waals surface area contributed by atoms with Crippen molar-refractivity contribution in [1.82, 2.24) is 9.80 Å². The van der Waals surface area contributed by atoms with Gasteiger partial charge in [0.1, 0.15) is 47.8 Å². The van der Waals surface area contributed by atoms with E-state index in [1.807, 2.05) is 109 Å². The lowest BCUT2D eigenvalue weighted by Gasteiger charge is -2.29. The summed E-state index contributed by atoms with van der Waals surface area (Å²) in [5, 5.41) is 0. The average molecular weight is 1390 g/mol. The number of rotatable bonds is 27. The van der Waals surface area contributed by atoms with Gasteiger partial charge in [-0.05, 0) is 157 Å². The number of halogens is 5. The first kappa shape index (κ1) is 74.4. The number of hydrogen-bond acceptors (Lipinski definition) is 14. The van der Waals surface area contributed by atoms with E-state index in [1.54, 1.807) is 38.1 Å². The average Bonchev–Trinajstić information content (AvgIpc) is 1.62. The van der Waals surface area contributed by atoms with Crippen LogP contribution in [0.5, 0.6) is 34.5 Å². The molecule has 4 aliphatic heterocycles. The lowest BCUT2D eigenvalue weighted by Crippen LogP contribution is -2.33. The van der Waals surface area contributed by atoms with Crippen molar-refractivity contribution in [3.63, 3.8) is 0 Å². The van der Waals surface area contributed by atoms with Crippen molar-refractivity contribution in [2.24, 2.45) is 11.8 Å². The van der Waals surface area contributed by atoms with Gasteiger partial charge in [-0.1, -0.05) is 141 Å². The van der Waals surface area contributed by atoms with Gasteiger partial charge in [-0.3, -0.25) is 33.7 Å². The van der Waals surface area contributed by atoms with E-state index < -0.39 is 43.0 Å². The molecule has 8 aromatic rings. The van der Waals surface area contributed by atoms with E-state index in [-0.39, 0.29) is 107 Å². The standard InChI is InChI=1S/C41H43F2NO6.C40H40F3NO6.CH4/c1-26-9-5-7-11-33(26)35(34-12-8-6-10-27(34)2)22-31(46)23-44-24-36(30-15-18-37-38(21-30)49-25-48-37)39(28(3)45)40(44)29-13-16-32(17-14-29)47-19-20-50-41(4,42)43;1-25-8-4-6-10-32(25)34(33-11-7-5-9-26(33)2)21-30(46)22-44-23-35(29-14-17-36-37(20-29)49-24-48-36)38(27(3)45)39(44)28-12-15-31(16-13-28)47-18-19-50-40(41,42)43;/h5-18,21,35-36,39-40H,19-20,22-25H2,1-4H3;4-17,20,34-35,38-39H,18-19,21-24H2,1-3H3;1H4/t36-,39-,40+;35-,38-,39+;/m11./s1. The number of benzene rings is 8. The van der Waals surface area contributed by atoms with E-state index >= 15 is 0 Å². The minimum absolute atomic E-state index is 0. The molecule has 0 unspecified atom stereocenters. The summed E-state index contributed by atoms with van der Waals surface area (Å²) >= 11 is 0. The second kappa shape index (κ2) is 33.0. The zero-order valence-corrected chi connectivity index (χ0v) is 57.1. The SMILES string of the molecule is C.CC(=O)[C@@H]1[C@@H](c2ccc3c(c2)OCO3)CN(CC(=O)CC(c2ccccc2C)c2ccccc2C)[C@H]1c1ccc(OCCOC(C)(F)F)cc1.CC(=O)[C@@H]1[C@@H](c2ccc3c(c2)OCO3)CN(CC(=O)CC(c2ccccc2C)c2ccccc2C)[C@H]1c1ccc(OCCOC(F)(F)F)cc1. The minimum atomic E-state index is -4.73. The van der Waals surface area contributed by atoms with Crippen LogP contribution in [0.4, 0.5) is 22.0 Å². The van der Waals surface area contributed by atoms with Gasteiger partial charge in [0.25, 0.3) is 0 Å². The number of fused-ring (bicyclic) bond motifs is 2. The largest absolute Gasteiger partial charge is 0.522 e. The molecule has 0 N–H and O–H groups in total. The Morgan fingerprint density at radius 3 is 1.10 bits per heavy atom. The summed E-state index contributed by atoms with van der Waals surface area (Å²) in [6, 6.07) is 57.6. The molecule has 4 aliphatic rings. The zero-order chi connectivity index (χ0) is 70.8. The molecule has 2 fully saturated rings. The summed E-state index contributed by atoms with van der Waals surface area (Å²) in [5.41, 5.74) is 12.4. The third kappa shape index (κ3) is 18.5. The fraction of sp³-hybridized carbons (Fsp3) is 0.366. The van der Waals surface area contributed by atoms with Crippen LogP contribution in [0.1, 0.15) is 144 Å². The number of likely N-dealkylation sites (tertiary alicyclic amines) is 2. The van der Waals surface area contributed by atoms with Crippen LogP contribution in [-0.2, 0) is 28.7 Å². The van der Waals surface area contributed by atoms with Crippen molar-refractivity contribution < 1.29 is 79.0 Å². The summed E-state index contributed by atoms with van der Waals surface area (Å²) in [6.07, 6.45) is -7.37. The van der Waals surface area contributed by atoms with Crippen molar-refractivity contribution in [2.75, 3.05) is 66.2 Å². The highest BCUT2D eigenvalue weighted by Gasteiger charge is 2.48. The Labute approximate surface area is 587 Å². The maximum Gasteiger partial charge on any atom is 0.522 e. The first-order chi connectivity index (χ1) is 48.0. The zero-order valence-electron chi connectivity index (χ0n) is 57.1. The molecular formula is C82H87F5N2O12. The van der Waals surface area contributed by atoms with Crippen molar-refractivity contribution in [2.45, 2.75) is 117 Å². The molecule has 0 saturated carbocycles. The summed E-state index contributed by atoms with van der Waals surface area (Å²) in [7, 11) is 0. The first-order valence-corrected chi connectivity index (χ1v) is 33.7. The second-order valence-corrected chi connectivity index (χ2v) is 26.3. The normalized spacial score (nSPS) is 18.6. The van der Waals surface area contributed by atoms with Crippen molar-refractivity contribution in [1.29, 1.82) is 0 Å². The van der Waals surface area contributed by atoms with Crippen molar-refractivity contribution in [3.8, 4) is 34.5 Å². The maximum absolute atomic E-state index is 14.3. The first-order valence-electron chi connectivity index (χ1n) is 33.7. The van der Waals surface area contributed by atoms with E-state index in [2.05, 4.69) is 95.5 Å². The topological polar surface area (TPSA) is 149 Å². The Balaban J connectivity index is 0.000000216. The molecule has 4 heterocycles. The van der Waals surface area contributed by atoms with Gasteiger partial charge in [-0.25, -0.2) is 0 Å². The Morgan fingerprint density at radius 1 is 0.446 bits per heavy atom. The highest BCUT2D eigenvalue weighted by atomic mass is 19.4. The number of Topliss-reactive ketones (excluding diaryl/α,β-unsaturated/α-hetero) is 4. The van der Waals surface area contributed by atoms with Gasteiger partial charge >= 0.3 is 12.5 Å². The molecule has 0 bridgehead atoms. The van der Waals surface area contributed by atoms with Crippen LogP contribution < -0.4 is 28.4 Å². The lowest BCUT2D eigenvalue weighted by atomic mass is 9.80. The quantitative estimate of drug-likeness (QED) is 0.0355. The number of ether oxygens (including phenoxy) is 8. The molecule has 0 aliphatic carbocycles. The molecular weight excluding hydrogens is 1300 g/mol. The summed E-state index contributed by atoms with van der Waals surface area (Å²) in [6.45, 7) is 12.4. The van der Waals surface area contributed by atoms with Crippen LogP contribution >= 0.6 is 0 Å². The number of aryl methyl sites for hydroxylation is 4. The number of carbonyl (C=O) groups is 4. The molecule has 101 heavy (non-hydrogen) atoms. The molecule has 0 aromatic heterocycles. The lowest BCUT2D eigenvalue weighted by molar-refractivity contribution is -0.325. The molecule has 2 saturated heterocycles. The third-order valence-corrected chi connectivity index (χ3v) is 19.4. The van der Waals surface area contributed by atoms with E-state index in [4.69, 9.17) is 28.4 Å². The van der Waals surface area contributed by atoms with Crippen LogP contribution in [0, 0.1) is 39.5 Å². The van der Waals surface area contributed by atoms with Crippen molar-refractivity contribution >= 4 is 23.1 Å². The molecule has 19 heteroatoms. The van der Waals surface area contributed by atoms with Gasteiger partial charge in [0, 0.05) is 80.4 Å². The highest BCUT2D eigenvalue weighted by molar-refractivity contribution is 5.85. The van der Waals surface area contributed by atoms with E-state index in [1.165, 1.54) is 0 Å². The van der Waals surface area contributed by atoms with Gasteiger partial charge < -0.3 is 33.2 Å². The molecule has 0 spiro atoms. The number of carbonyl (C=O) groups excluding carboxylic acids is 4. The van der Waals surface area contributed by atoms with Gasteiger partial charge in [-0.2, -0.15) is 8.78 Å². The predicted molar refractivity (Wildman–Crippen MR) is 374 cm³/mol. The van der Waals surface area contributed by atoms with Crippen LogP contribution in [0.25, 0.3) is 0 Å². The fourth-order valence-electron chi connectivity index (χ4n) is 14.9. The Bertz CT molecular complexity index is 3820. The van der Waals surface area contributed by atoms with E-state index in [0.29, 0.717) is 60.9 Å². The maximum atomic E-state index is 14.3. The number of nitrogens with zero attached hydrogens (tertiary/aromatic N) is 2. The summed E-state index contributed by atoms with van der Waals surface area (Å²) in [5.74, 6) is 1.91. The number of ketones is 4. The van der Waals surface area contributed by atoms with Crippen LogP contribution in [0.3, 0.4) is 0 Å². The molecule has 8 aromatic carbocycles. The van der Waals surface area contributed by atoms with Crippen molar-refractivity contribution in [3.05, 3.63) is 249 Å². The van der Waals surface area contributed by atoms with Gasteiger partial charge in [0.2, 0.25) is 13.6 Å². The molecule has 0 radical (unpaired) electrons. The smallest absolute Gasteiger partial charge is 0.491 e. The van der Waals surface area contributed by atoms with Gasteiger partial charge in [0.15, 0.2) is 23.0 Å². The fourth-order valence-corrected chi connectivity index (χ4v) is 14.9. The predicted octanol–water partition coefficient (Wildman–Crippen LogP) is 16.9. The molecule has 0 amide bonds.